The quantitative estimate of drug-likeness (QED) is 0.849. The Labute approximate surface area is 93.4 Å². The zero-order valence-corrected chi connectivity index (χ0v) is 9.23. The van der Waals surface area contributed by atoms with Crippen LogP contribution in [0.25, 0.3) is 0 Å². The highest BCUT2D eigenvalue weighted by Crippen LogP contribution is 2.30. The number of carboxylic acids is 1. The predicted octanol–water partition coefficient (Wildman–Crippen LogP) is 1.83. The summed E-state index contributed by atoms with van der Waals surface area (Å²) in [5.41, 5.74) is 0.849. The van der Waals surface area contributed by atoms with Crippen LogP contribution in [-0.4, -0.2) is 29.4 Å². The van der Waals surface area contributed by atoms with Gasteiger partial charge in [-0.25, -0.2) is 4.79 Å². The molecule has 0 amide bonds. The van der Waals surface area contributed by atoms with E-state index in [4.69, 9.17) is 14.4 Å². The molecule has 0 bridgehead atoms. The molecule has 0 atom stereocenters. The Kier molecular flexibility index (Phi) is 3.24. The Morgan fingerprint density at radius 3 is 2.75 bits per heavy atom. The average Bonchev–Trinajstić information content (AvgIpc) is 2.73. The molecule has 5 nitrogen and oxygen atoms in total. The summed E-state index contributed by atoms with van der Waals surface area (Å²) in [5, 5.41) is 13.1. The SMILES string of the molecule is CCc1onc(C2CCOCC2)c1C(=O)O. The fourth-order valence-electron chi connectivity index (χ4n) is 2.06. The predicted molar refractivity (Wildman–Crippen MR) is 55.6 cm³/mol. The summed E-state index contributed by atoms with van der Waals surface area (Å²) in [4.78, 5) is 11.2. The van der Waals surface area contributed by atoms with Gasteiger partial charge in [0.1, 0.15) is 11.3 Å². The van der Waals surface area contributed by atoms with E-state index in [9.17, 15) is 4.79 Å². The molecule has 0 aromatic carbocycles. The second-order valence-corrected chi connectivity index (χ2v) is 3.91. The van der Waals surface area contributed by atoms with Crippen molar-refractivity contribution in [1.29, 1.82) is 0 Å². The molecule has 2 rings (SSSR count). The van der Waals surface area contributed by atoms with Gasteiger partial charge in [-0.1, -0.05) is 12.1 Å². The molecule has 5 heteroatoms. The first-order valence-corrected chi connectivity index (χ1v) is 5.53. The van der Waals surface area contributed by atoms with Crippen molar-refractivity contribution in [2.75, 3.05) is 13.2 Å². The lowest BCUT2D eigenvalue weighted by Gasteiger charge is -2.20. The zero-order valence-electron chi connectivity index (χ0n) is 9.23. The van der Waals surface area contributed by atoms with E-state index in [1.54, 1.807) is 0 Å². The fraction of sp³-hybridized carbons (Fsp3) is 0.636. The Bertz CT molecular complexity index is 379. The lowest BCUT2D eigenvalue weighted by molar-refractivity contribution is 0.0683. The molecule has 0 saturated carbocycles. The van der Waals surface area contributed by atoms with Crippen LogP contribution in [-0.2, 0) is 11.2 Å². The first-order valence-electron chi connectivity index (χ1n) is 5.53. The molecule has 0 spiro atoms. The summed E-state index contributed by atoms with van der Waals surface area (Å²) in [6.07, 6.45) is 2.18. The van der Waals surface area contributed by atoms with E-state index < -0.39 is 5.97 Å². The number of hydrogen-bond donors (Lipinski definition) is 1. The number of carboxylic acid groups (broad SMARTS) is 1. The van der Waals surface area contributed by atoms with Crippen LogP contribution in [0.1, 0.15) is 47.5 Å². The van der Waals surface area contributed by atoms with Crippen molar-refractivity contribution in [3.63, 3.8) is 0 Å². The molecular weight excluding hydrogens is 210 g/mol. The van der Waals surface area contributed by atoms with Gasteiger partial charge in [-0.15, -0.1) is 0 Å². The number of ether oxygens (including phenoxy) is 1. The average molecular weight is 225 g/mol. The molecule has 1 aromatic rings. The molecule has 0 aliphatic carbocycles. The van der Waals surface area contributed by atoms with E-state index in [1.807, 2.05) is 6.92 Å². The smallest absolute Gasteiger partial charge is 0.341 e. The molecule has 16 heavy (non-hydrogen) atoms. The highest BCUT2D eigenvalue weighted by atomic mass is 16.5. The molecule has 1 fully saturated rings. The van der Waals surface area contributed by atoms with Crippen molar-refractivity contribution in [1.82, 2.24) is 5.16 Å². The van der Waals surface area contributed by atoms with Gasteiger partial charge in [0.05, 0.1) is 0 Å². The third-order valence-electron chi connectivity index (χ3n) is 2.93. The molecule has 1 N–H and O–H groups in total. The van der Waals surface area contributed by atoms with Gasteiger partial charge in [-0.3, -0.25) is 0 Å². The maximum atomic E-state index is 11.2. The second kappa shape index (κ2) is 4.65. The Morgan fingerprint density at radius 1 is 1.50 bits per heavy atom. The minimum atomic E-state index is -0.945. The van der Waals surface area contributed by atoms with Gasteiger partial charge < -0.3 is 14.4 Å². The minimum absolute atomic E-state index is 0.156. The van der Waals surface area contributed by atoms with Crippen LogP contribution >= 0.6 is 0 Å². The van der Waals surface area contributed by atoms with Crippen molar-refractivity contribution in [3.05, 3.63) is 17.0 Å². The van der Waals surface area contributed by atoms with Gasteiger partial charge in [-0.05, 0) is 12.8 Å². The molecule has 1 saturated heterocycles. The summed E-state index contributed by atoms with van der Waals surface area (Å²) in [6, 6.07) is 0. The summed E-state index contributed by atoms with van der Waals surface area (Å²) in [6.45, 7) is 3.19. The number of carbonyl (C=O) groups is 1. The first kappa shape index (κ1) is 11.1. The fourth-order valence-corrected chi connectivity index (χ4v) is 2.06. The van der Waals surface area contributed by atoms with Gasteiger partial charge in [0.2, 0.25) is 0 Å². The lowest BCUT2D eigenvalue weighted by atomic mass is 9.93. The van der Waals surface area contributed by atoms with Crippen LogP contribution in [0.2, 0.25) is 0 Å². The van der Waals surface area contributed by atoms with E-state index >= 15 is 0 Å². The summed E-state index contributed by atoms with van der Waals surface area (Å²) >= 11 is 0. The molecule has 1 aliphatic heterocycles. The van der Waals surface area contributed by atoms with Gasteiger partial charge in [0.25, 0.3) is 0 Å². The number of aryl methyl sites for hydroxylation is 1. The van der Waals surface area contributed by atoms with Crippen molar-refractivity contribution in [3.8, 4) is 0 Å². The van der Waals surface area contributed by atoms with Crippen molar-refractivity contribution in [2.24, 2.45) is 0 Å². The van der Waals surface area contributed by atoms with Crippen LogP contribution in [0.5, 0.6) is 0 Å². The molecule has 1 aliphatic rings. The molecule has 0 radical (unpaired) electrons. The molecule has 2 heterocycles. The van der Waals surface area contributed by atoms with Crippen LogP contribution in [0.15, 0.2) is 4.52 Å². The monoisotopic (exact) mass is 225 g/mol. The first-order chi connectivity index (χ1) is 7.74. The van der Waals surface area contributed by atoms with Gasteiger partial charge in [0, 0.05) is 25.6 Å². The Hall–Kier alpha value is -1.36. The molecule has 0 unspecified atom stereocenters. The third-order valence-corrected chi connectivity index (χ3v) is 2.93. The topological polar surface area (TPSA) is 72.6 Å². The molecule has 88 valence electrons. The van der Waals surface area contributed by atoms with E-state index in [1.165, 1.54) is 0 Å². The normalized spacial score (nSPS) is 17.6. The van der Waals surface area contributed by atoms with E-state index in [2.05, 4.69) is 5.16 Å². The van der Waals surface area contributed by atoms with Gasteiger partial charge in [0.15, 0.2) is 5.76 Å². The van der Waals surface area contributed by atoms with Crippen LogP contribution in [0.4, 0.5) is 0 Å². The van der Waals surface area contributed by atoms with Crippen molar-refractivity contribution in [2.45, 2.75) is 32.1 Å². The largest absolute Gasteiger partial charge is 0.477 e. The van der Waals surface area contributed by atoms with Gasteiger partial charge >= 0.3 is 5.97 Å². The number of rotatable bonds is 3. The van der Waals surface area contributed by atoms with E-state index in [0.717, 1.165) is 12.8 Å². The Morgan fingerprint density at radius 2 is 2.19 bits per heavy atom. The number of aromatic carboxylic acids is 1. The number of nitrogens with zero attached hydrogens (tertiary/aromatic N) is 1. The van der Waals surface area contributed by atoms with Crippen molar-refractivity contribution >= 4 is 5.97 Å². The molecule has 1 aromatic heterocycles. The lowest BCUT2D eigenvalue weighted by Crippen LogP contribution is -2.17. The maximum Gasteiger partial charge on any atom is 0.341 e. The summed E-state index contributed by atoms with van der Waals surface area (Å²) < 4.78 is 10.3. The maximum absolute atomic E-state index is 11.2. The number of hydrogen-bond acceptors (Lipinski definition) is 4. The highest BCUT2D eigenvalue weighted by molar-refractivity contribution is 5.90. The van der Waals surface area contributed by atoms with Gasteiger partial charge in [-0.2, -0.15) is 0 Å². The van der Waals surface area contributed by atoms with Crippen LogP contribution in [0, 0.1) is 0 Å². The van der Waals surface area contributed by atoms with Crippen molar-refractivity contribution < 1.29 is 19.2 Å². The second-order valence-electron chi connectivity index (χ2n) is 3.91. The summed E-state index contributed by atoms with van der Waals surface area (Å²) in [7, 11) is 0. The standard InChI is InChI=1S/C11H15NO4/c1-2-8-9(11(13)14)10(12-16-8)7-3-5-15-6-4-7/h7H,2-6H2,1H3,(H,13,14). The number of aromatic nitrogens is 1. The Balaban J connectivity index is 2.32. The molecular formula is C11H15NO4. The van der Waals surface area contributed by atoms with Crippen LogP contribution < -0.4 is 0 Å². The summed E-state index contributed by atoms with van der Waals surface area (Å²) in [5.74, 6) is -0.322. The minimum Gasteiger partial charge on any atom is -0.477 e. The van der Waals surface area contributed by atoms with E-state index in [-0.39, 0.29) is 11.5 Å². The third kappa shape index (κ3) is 1.95. The van der Waals surface area contributed by atoms with Crippen LogP contribution in [0.3, 0.4) is 0 Å². The van der Waals surface area contributed by atoms with E-state index in [0.29, 0.717) is 31.1 Å². The highest BCUT2D eigenvalue weighted by Gasteiger charge is 2.28. The zero-order chi connectivity index (χ0) is 11.5.